The van der Waals surface area contributed by atoms with Crippen LogP contribution in [0.3, 0.4) is 0 Å². The minimum atomic E-state index is -0.646. The monoisotopic (exact) mass is 440 g/mol. The van der Waals surface area contributed by atoms with Crippen LogP contribution >= 0.6 is 34.2 Å². The van der Waals surface area contributed by atoms with E-state index in [1.807, 2.05) is 22.6 Å². The second-order valence-corrected chi connectivity index (χ2v) is 6.73. The summed E-state index contributed by atoms with van der Waals surface area (Å²) in [5, 5.41) is 10.0. The van der Waals surface area contributed by atoms with E-state index in [9.17, 15) is 9.50 Å². The quantitative estimate of drug-likeness (QED) is 0.551. The molecule has 22 heavy (non-hydrogen) atoms. The van der Waals surface area contributed by atoms with Gasteiger partial charge in [0.2, 0.25) is 0 Å². The van der Waals surface area contributed by atoms with E-state index in [0.29, 0.717) is 14.1 Å². The van der Waals surface area contributed by atoms with Crippen molar-refractivity contribution in [2.75, 3.05) is 13.2 Å². The molecule has 1 aromatic carbocycles. The molecule has 4 rings (SSSR count). The van der Waals surface area contributed by atoms with Crippen LogP contribution in [0.25, 0.3) is 11.0 Å². The lowest BCUT2D eigenvalue weighted by atomic mass is 10.1. The molecule has 2 saturated heterocycles. The van der Waals surface area contributed by atoms with Crippen LogP contribution in [0.15, 0.2) is 6.07 Å². The first-order valence-corrected chi connectivity index (χ1v) is 8.11. The van der Waals surface area contributed by atoms with E-state index >= 15 is 0 Å². The number of hydrogen-bond donors (Lipinski definition) is 2. The summed E-state index contributed by atoms with van der Waals surface area (Å²) in [4.78, 5) is 7.01. The molecule has 3 heterocycles. The van der Waals surface area contributed by atoms with Crippen molar-refractivity contribution in [2.45, 2.75) is 24.4 Å². The molecule has 0 radical (unpaired) electrons. The van der Waals surface area contributed by atoms with Crippen LogP contribution in [-0.4, -0.2) is 52.7 Å². The number of benzene rings is 1. The number of fused-ring (bicyclic) bond motifs is 2. The minimum Gasteiger partial charge on any atom is -0.456 e. The van der Waals surface area contributed by atoms with Gasteiger partial charge in [0.1, 0.15) is 23.8 Å². The highest BCUT2D eigenvalue weighted by atomic mass is 127. The summed E-state index contributed by atoms with van der Waals surface area (Å²) in [5.74, 6) is -0.484. The molecule has 2 N–H and O–H groups in total. The SMILES string of the molecule is O[C@@H]1CO[C@H]2[C@@H]1OC[C@H]2Oc1nc2c(F)c(I)c(Cl)cc2[nH]1. The van der Waals surface area contributed by atoms with Gasteiger partial charge >= 0.3 is 0 Å². The molecule has 4 atom stereocenters. The summed E-state index contributed by atoms with van der Waals surface area (Å²) in [6.45, 7) is 0.502. The zero-order valence-electron chi connectivity index (χ0n) is 11.1. The van der Waals surface area contributed by atoms with Gasteiger partial charge in [-0.2, -0.15) is 4.98 Å². The average molecular weight is 441 g/mol. The van der Waals surface area contributed by atoms with Gasteiger partial charge in [0.25, 0.3) is 6.01 Å². The highest BCUT2D eigenvalue weighted by Crippen LogP contribution is 2.32. The van der Waals surface area contributed by atoms with Crippen LogP contribution in [-0.2, 0) is 9.47 Å². The Morgan fingerprint density at radius 2 is 2.18 bits per heavy atom. The third-order valence-corrected chi connectivity index (χ3v) is 5.51. The third kappa shape index (κ3) is 2.28. The number of imidazole rings is 1. The molecule has 0 saturated carbocycles. The lowest BCUT2D eigenvalue weighted by molar-refractivity contribution is 0.00706. The Kier molecular flexibility index (Phi) is 3.68. The lowest BCUT2D eigenvalue weighted by Crippen LogP contribution is -2.34. The summed E-state index contributed by atoms with van der Waals surface area (Å²) in [7, 11) is 0. The van der Waals surface area contributed by atoms with Crippen molar-refractivity contribution in [3.05, 3.63) is 20.5 Å². The van der Waals surface area contributed by atoms with Crippen molar-refractivity contribution in [2.24, 2.45) is 0 Å². The molecule has 0 spiro atoms. The van der Waals surface area contributed by atoms with Crippen LogP contribution in [0.2, 0.25) is 5.02 Å². The smallest absolute Gasteiger partial charge is 0.295 e. The maximum atomic E-state index is 14.1. The fraction of sp³-hybridized carbons (Fsp3) is 0.462. The van der Waals surface area contributed by atoms with Crippen LogP contribution in [0.1, 0.15) is 0 Å². The summed E-state index contributed by atoms with van der Waals surface area (Å²) in [6.07, 6.45) is -1.79. The zero-order valence-corrected chi connectivity index (χ0v) is 14.0. The van der Waals surface area contributed by atoms with Gasteiger partial charge in [-0.15, -0.1) is 0 Å². The minimum absolute atomic E-state index is 0.172. The molecule has 2 aromatic rings. The number of nitrogens with one attached hydrogen (secondary N) is 1. The number of aromatic nitrogens is 2. The Hall–Kier alpha value is -0.680. The highest BCUT2D eigenvalue weighted by molar-refractivity contribution is 14.1. The number of halogens is 3. The molecule has 118 valence electrons. The van der Waals surface area contributed by atoms with Crippen LogP contribution < -0.4 is 4.74 Å². The van der Waals surface area contributed by atoms with Crippen molar-refractivity contribution < 1.29 is 23.7 Å². The Labute approximate surface area is 143 Å². The predicted octanol–water partition coefficient (Wildman–Crippen LogP) is 1.87. The topological polar surface area (TPSA) is 76.6 Å². The molecule has 2 aliphatic heterocycles. The van der Waals surface area contributed by atoms with Crippen molar-refractivity contribution in [1.29, 1.82) is 0 Å². The van der Waals surface area contributed by atoms with E-state index in [2.05, 4.69) is 9.97 Å². The van der Waals surface area contributed by atoms with E-state index < -0.39 is 18.0 Å². The fourth-order valence-electron chi connectivity index (χ4n) is 2.78. The molecule has 0 unspecified atom stereocenters. The Morgan fingerprint density at radius 3 is 3.00 bits per heavy atom. The van der Waals surface area contributed by atoms with E-state index in [1.54, 1.807) is 6.07 Å². The van der Waals surface area contributed by atoms with Crippen molar-refractivity contribution >= 4 is 45.2 Å². The summed E-state index contributed by atoms with van der Waals surface area (Å²) >= 11 is 7.79. The first-order chi connectivity index (χ1) is 10.5. The average Bonchev–Trinajstić information content (AvgIpc) is 3.15. The zero-order chi connectivity index (χ0) is 15.4. The molecular weight excluding hydrogens is 430 g/mol. The standard InChI is InChI=1S/C13H11ClFIN2O4/c14-4-1-5-10(8(15)9(4)16)18-13(17-5)22-7-3-21-11-6(19)2-20-12(7)11/h1,6-7,11-12,19H,2-3H2,(H,17,18)/t6-,7-,11-,12-/m1/s1. The van der Waals surface area contributed by atoms with Gasteiger partial charge in [0.05, 0.1) is 27.3 Å². The van der Waals surface area contributed by atoms with E-state index in [4.69, 9.17) is 25.8 Å². The van der Waals surface area contributed by atoms with E-state index in [0.717, 1.165) is 0 Å². The second-order valence-electron chi connectivity index (χ2n) is 5.24. The number of rotatable bonds is 2. The normalized spacial score (nSPS) is 30.9. The maximum Gasteiger partial charge on any atom is 0.295 e. The molecule has 0 aliphatic carbocycles. The van der Waals surface area contributed by atoms with Crippen molar-refractivity contribution in [3.8, 4) is 6.01 Å². The molecule has 6 nitrogen and oxygen atoms in total. The molecule has 2 aliphatic rings. The van der Waals surface area contributed by atoms with Crippen LogP contribution in [0.5, 0.6) is 6.01 Å². The molecular formula is C13H11ClFIN2O4. The largest absolute Gasteiger partial charge is 0.456 e. The van der Waals surface area contributed by atoms with Gasteiger partial charge in [-0.05, 0) is 28.7 Å². The van der Waals surface area contributed by atoms with Gasteiger partial charge in [-0.3, -0.25) is 0 Å². The van der Waals surface area contributed by atoms with Gasteiger partial charge in [0.15, 0.2) is 11.9 Å². The summed E-state index contributed by atoms with van der Waals surface area (Å²) in [6, 6.07) is 1.77. The molecule has 9 heteroatoms. The number of aromatic amines is 1. The van der Waals surface area contributed by atoms with Crippen molar-refractivity contribution in [3.63, 3.8) is 0 Å². The van der Waals surface area contributed by atoms with Crippen LogP contribution in [0, 0.1) is 9.39 Å². The molecule has 0 bridgehead atoms. The van der Waals surface area contributed by atoms with Gasteiger partial charge < -0.3 is 24.3 Å². The maximum absolute atomic E-state index is 14.1. The van der Waals surface area contributed by atoms with Gasteiger partial charge in [0, 0.05) is 0 Å². The highest BCUT2D eigenvalue weighted by Gasteiger charge is 2.48. The second kappa shape index (κ2) is 5.45. The number of aliphatic hydroxyl groups is 1. The Bertz CT molecular complexity index is 742. The predicted molar refractivity (Wildman–Crippen MR) is 83.7 cm³/mol. The van der Waals surface area contributed by atoms with E-state index in [-0.39, 0.29) is 36.9 Å². The third-order valence-electron chi connectivity index (χ3n) is 3.84. The molecule has 1 aromatic heterocycles. The number of nitrogens with zero attached hydrogens (tertiary/aromatic N) is 1. The van der Waals surface area contributed by atoms with Crippen LogP contribution in [0.4, 0.5) is 4.39 Å². The van der Waals surface area contributed by atoms with Gasteiger partial charge in [-0.25, -0.2) is 4.39 Å². The van der Waals surface area contributed by atoms with Crippen molar-refractivity contribution in [1.82, 2.24) is 9.97 Å². The number of aliphatic hydroxyl groups excluding tert-OH is 1. The number of ether oxygens (including phenoxy) is 3. The van der Waals surface area contributed by atoms with Gasteiger partial charge in [-0.1, -0.05) is 11.6 Å². The number of hydrogen-bond acceptors (Lipinski definition) is 5. The molecule has 0 amide bonds. The molecule has 2 fully saturated rings. The Balaban J connectivity index is 1.61. The first-order valence-electron chi connectivity index (χ1n) is 6.65. The number of H-pyrrole nitrogens is 1. The summed E-state index contributed by atoms with van der Waals surface area (Å²) < 4.78 is 31.1. The lowest BCUT2D eigenvalue weighted by Gasteiger charge is -2.15. The Morgan fingerprint density at radius 1 is 1.41 bits per heavy atom. The van der Waals surface area contributed by atoms with E-state index in [1.165, 1.54) is 0 Å². The fourth-order valence-corrected chi connectivity index (χ4v) is 3.38. The first kappa shape index (κ1) is 14.9. The summed E-state index contributed by atoms with van der Waals surface area (Å²) in [5.41, 5.74) is 0.632.